The molecule has 0 fully saturated rings. The smallest absolute Gasteiger partial charge is 0.123 e. The lowest BCUT2D eigenvalue weighted by Crippen LogP contribution is -2.34. The van der Waals surface area contributed by atoms with Crippen molar-refractivity contribution in [3.8, 4) is 5.75 Å². The number of rotatable bonds is 8. The summed E-state index contributed by atoms with van der Waals surface area (Å²) in [6.45, 7) is 9.96. The second kappa shape index (κ2) is 10.8. The topological polar surface area (TPSA) is 65.8 Å². The van der Waals surface area contributed by atoms with Crippen molar-refractivity contribution in [2.45, 2.75) is 45.7 Å². The SMILES string of the molecule is CC.CN(CCOc1cc(CO)nc(CO)c1)CC(C)(C)S. The summed E-state index contributed by atoms with van der Waals surface area (Å²) in [4.78, 5) is 6.21. The summed E-state index contributed by atoms with van der Waals surface area (Å²) in [5.74, 6) is 0.617. The molecule has 1 rings (SSSR count). The normalized spacial score (nSPS) is 11.1. The van der Waals surface area contributed by atoms with Crippen LogP contribution in [0.5, 0.6) is 5.75 Å². The van der Waals surface area contributed by atoms with Crippen molar-refractivity contribution in [2.75, 3.05) is 26.7 Å². The summed E-state index contributed by atoms with van der Waals surface area (Å²) < 4.78 is 5.61. The highest BCUT2D eigenvalue weighted by Gasteiger charge is 2.14. The Morgan fingerprint density at radius 2 is 1.68 bits per heavy atom. The zero-order chi connectivity index (χ0) is 17.2. The largest absolute Gasteiger partial charge is 0.492 e. The Balaban J connectivity index is 0.00000211. The molecule has 0 aliphatic carbocycles. The molecule has 0 aliphatic rings. The second-order valence-electron chi connectivity index (χ2n) is 5.50. The van der Waals surface area contributed by atoms with Gasteiger partial charge in [-0.15, -0.1) is 0 Å². The van der Waals surface area contributed by atoms with Crippen LogP contribution >= 0.6 is 12.6 Å². The van der Waals surface area contributed by atoms with Crippen LogP contribution in [-0.2, 0) is 13.2 Å². The van der Waals surface area contributed by atoms with Crippen LogP contribution < -0.4 is 4.74 Å². The Bertz CT molecular complexity index is 400. The van der Waals surface area contributed by atoms with E-state index in [1.807, 2.05) is 20.9 Å². The average Bonchev–Trinajstić information content (AvgIpc) is 2.47. The van der Waals surface area contributed by atoms with Gasteiger partial charge >= 0.3 is 0 Å². The molecule has 0 aliphatic heterocycles. The second-order valence-corrected chi connectivity index (χ2v) is 6.71. The van der Waals surface area contributed by atoms with Gasteiger partial charge in [0.25, 0.3) is 0 Å². The first-order valence-corrected chi connectivity index (χ1v) is 8.04. The number of aromatic nitrogens is 1. The highest BCUT2D eigenvalue weighted by atomic mass is 32.1. The van der Waals surface area contributed by atoms with Gasteiger partial charge in [0.15, 0.2) is 0 Å². The molecule has 0 bridgehead atoms. The van der Waals surface area contributed by atoms with E-state index in [1.54, 1.807) is 12.1 Å². The molecule has 0 saturated heterocycles. The Morgan fingerprint density at radius 1 is 1.18 bits per heavy atom. The third-order valence-electron chi connectivity index (χ3n) is 2.63. The van der Waals surface area contributed by atoms with Crippen LogP contribution in [0.2, 0.25) is 0 Å². The Kier molecular flexibility index (Phi) is 10.4. The summed E-state index contributed by atoms with van der Waals surface area (Å²) in [5, 5.41) is 18.2. The number of likely N-dealkylation sites (N-methyl/N-ethyl adjacent to an activating group) is 1. The molecule has 0 spiro atoms. The van der Waals surface area contributed by atoms with E-state index < -0.39 is 0 Å². The minimum Gasteiger partial charge on any atom is -0.492 e. The van der Waals surface area contributed by atoms with Crippen LogP contribution in [0.25, 0.3) is 0 Å². The first-order chi connectivity index (χ1) is 10.3. The molecule has 0 aromatic carbocycles. The number of ether oxygens (including phenoxy) is 1. The first kappa shape index (κ1) is 21.2. The molecule has 2 N–H and O–H groups in total. The summed E-state index contributed by atoms with van der Waals surface area (Å²) in [6, 6.07) is 3.36. The molecule has 6 heteroatoms. The van der Waals surface area contributed by atoms with Gasteiger partial charge in [-0.3, -0.25) is 4.98 Å². The van der Waals surface area contributed by atoms with Crippen molar-refractivity contribution in [3.63, 3.8) is 0 Å². The molecule has 1 heterocycles. The van der Waals surface area contributed by atoms with E-state index in [2.05, 4.69) is 36.4 Å². The Labute approximate surface area is 139 Å². The number of pyridine rings is 1. The molecular formula is C16H30N2O3S. The Morgan fingerprint density at radius 3 is 2.09 bits per heavy atom. The van der Waals surface area contributed by atoms with E-state index >= 15 is 0 Å². The number of hydrogen-bond donors (Lipinski definition) is 3. The number of nitrogens with zero attached hydrogens (tertiary/aromatic N) is 2. The van der Waals surface area contributed by atoms with Crippen molar-refractivity contribution in [1.82, 2.24) is 9.88 Å². The summed E-state index contributed by atoms with van der Waals surface area (Å²) in [6.07, 6.45) is 0. The first-order valence-electron chi connectivity index (χ1n) is 7.59. The van der Waals surface area contributed by atoms with Crippen LogP contribution in [0, 0.1) is 0 Å². The zero-order valence-corrected chi connectivity index (χ0v) is 15.2. The third-order valence-corrected chi connectivity index (χ3v) is 2.77. The molecule has 0 atom stereocenters. The minimum absolute atomic E-state index is 0.0421. The highest BCUT2D eigenvalue weighted by Crippen LogP contribution is 2.15. The molecule has 0 amide bonds. The Hall–Kier alpha value is -0.820. The van der Waals surface area contributed by atoms with Gasteiger partial charge in [-0.1, -0.05) is 13.8 Å². The summed E-state index contributed by atoms with van der Waals surface area (Å²) in [5.41, 5.74) is 0.993. The molecule has 22 heavy (non-hydrogen) atoms. The fourth-order valence-electron chi connectivity index (χ4n) is 1.92. The minimum atomic E-state index is -0.169. The molecule has 0 unspecified atom stereocenters. The molecule has 1 aromatic rings. The molecule has 0 saturated carbocycles. The monoisotopic (exact) mass is 330 g/mol. The predicted octanol–water partition coefficient (Wildman–Crippen LogP) is 2.11. The van der Waals surface area contributed by atoms with E-state index in [0.29, 0.717) is 23.7 Å². The fraction of sp³-hybridized carbons (Fsp3) is 0.688. The molecule has 128 valence electrons. The molecule has 0 radical (unpaired) electrons. The van der Waals surface area contributed by atoms with Gasteiger partial charge < -0.3 is 19.8 Å². The van der Waals surface area contributed by atoms with Gasteiger partial charge in [0, 0.05) is 30.0 Å². The maximum atomic E-state index is 9.11. The number of aliphatic hydroxyl groups is 2. The fourth-order valence-corrected chi connectivity index (χ4v) is 2.16. The van der Waals surface area contributed by atoms with Gasteiger partial charge in [-0.2, -0.15) is 12.6 Å². The quantitative estimate of drug-likeness (QED) is 0.637. The predicted molar refractivity (Wildman–Crippen MR) is 93.5 cm³/mol. The van der Waals surface area contributed by atoms with E-state index in [1.165, 1.54) is 0 Å². The van der Waals surface area contributed by atoms with Crippen molar-refractivity contribution in [3.05, 3.63) is 23.5 Å². The standard InChI is InChI=1S/C14H24N2O3S.C2H6/c1-14(2,20)10-16(3)4-5-19-13-6-11(8-17)15-12(7-13)9-18;1-2/h6-7,17-18,20H,4-5,8-10H2,1-3H3;1-2H3. The van der Waals surface area contributed by atoms with Crippen molar-refractivity contribution in [2.24, 2.45) is 0 Å². The average molecular weight is 330 g/mol. The van der Waals surface area contributed by atoms with Crippen LogP contribution in [-0.4, -0.2) is 51.6 Å². The number of aliphatic hydroxyl groups excluding tert-OH is 2. The lowest BCUT2D eigenvalue weighted by Gasteiger charge is -2.25. The maximum absolute atomic E-state index is 9.11. The zero-order valence-electron chi connectivity index (χ0n) is 14.3. The lowest BCUT2D eigenvalue weighted by atomic mass is 10.2. The number of thiol groups is 1. The van der Waals surface area contributed by atoms with Crippen molar-refractivity contribution < 1.29 is 14.9 Å². The summed E-state index contributed by atoms with van der Waals surface area (Å²) >= 11 is 4.49. The molecule has 1 aromatic heterocycles. The lowest BCUT2D eigenvalue weighted by molar-refractivity contribution is 0.226. The number of hydrogen-bond acceptors (Lipinski definition) is 6. The van der Waals surface area contributed by atoms with Crippen molar-refractivity contribution in [1.29, 1.82) is 0 Å². The highest BCUT2D eigenvalue weighted by molar-refractivity contribution is 7.81. The van der Waals surface area contributed by atoms with Gasteiger partial charge in [0.05, 0.1) is 24.6 Å². The van der Waals surface area contributed by atoms with E-state index in [9.17, 15) is 0 Å². The van der Waals surface area contributed by atoms with Crippen LogP contribution in [0.15, 0.2) is 12.1 Å². The van der Waals surface area contributed by atoms with Crippen LogP contribution in [0.1, 0.15) is 39.1 Å². The van der Waals surface area contributed by atoms with Gasteiger partial charge in [-0.25, -0.2) is 0 Å². The molecular weight excluding hydrogens is 300 g/mol. The van der Waals surface area contributed by atoms with E-state index in [0.717, 1.165) is 13.1 Å². The van der Waals surface area contributed by atoms with E-state index in [4.69, 9.17) is 14.9 Å². The van der Waals surface area contributed by atoms with Gasteiger partial charge in [0.1, 0.15) is 12.4 Å². The molecule has 5 nitrogen and oxygen atoms in total. The van der Waals surface area contributed by atoms with E-state index in [-0.39, 0.29) is 18.0 Å². The maximum Gasteiger partial charge on any atom is 0.123 e. The van der Waals surface area contributed by atoms with Crippen LogP contribution in [0.3, 0.4) is 0 Å². The third kappa shape index (κ3) is 9.25. The van der Waals surface area contributed by atoms with Crippen molar-refractivity contribution >= 4 is 12.6 Å². The van der Waals surface area contributed by atoms with Gasteiger partial charge in [0.2, 0.25) is 0 Å². The summed E-state index contributed by atoms with van der Waals surface area (Å²) in [7, 11) is 2.02. The van der Waals surface area contributed by atoms with Gasteiger partial charge in [-0.05, 0) is 20.9 Å². The van der Waals surface area contributed by atoms with Crippen LogP contribution in [0.4, 0.5) is 0 Å².